The summed E-state index contributed by atoms with van der Waals surface area (Å²) in [5.41, 5.74) is 3.69. The van der Waals surface area contributed by atoms with E-state index in [4.69, 9.17) is 0 Å². The van der Waals surface area contributed by atoms with Crippen LogP contribution in [0.2, 0.25) is 0 Å². The van der Waals surface area contributed by atoms with Gasteiger partial charge in [-0.15, -0.1) is 0 Å². The zero-order valence-electron chi connectivity index (χ0n) is 10.1. The van der Waals surface area contributed by atoms with E-state index in [0.29, 0.717) is 0 Å². The van der Waals surface area contributed by atoms with Gasteiger partial charge in [-0.1, -0.05) is 22.0 Å². The number of nitrogens with zero attached hydrogens (tertiary/aromatic N) is 2. The molecule has 17 heavy (non-hydrogen) atoms. The van der Waals surface area contributed by atoms with Gasteiger partial charge in [0, 0.05) is 42.1 Å². The van der Waals surface area contributed by atoms with Crippen molar-refractivity contribution in [3.8, 4) is 0 Å². The summed E-state index contributed by atoms with van der Waals surface area (Å²) in [5, 5.41) is 7.60. The molecule has 0 aliphatic heterocycles. The van der Waals surface area contributed by atoms with Gasteiger partial charge in [0.15, 0.2) is 0 Å². The average molecular weight is 294 g/mol. The molecule has 0 radical (unpaired) electrons. The van der Waals surface area contributed by atoms with E-state index in [9.17, 15) is 0 Å². The summed E-state index contributed by atoms with van der Waals surface area (Å²) in [6.45, 7) is 3.02. The molecule has 0 aliphatic rings. The summed E-state index contributed by atoms with van der Waals surface area (Å²) in [7, 11) is 1.97. The molecule has 0 unspecified atom stereocenters. The molecule has 2 rings (SSSR count). The SMILES string of the molecule is Cc1ccc(Br)cc1NCCc1ccnn1C. The third-order valence-corrected chi connectivity index (χ3v) is 3.31. The van der Waals surface area contributed by atoms with Crippen LogP contribution in [-0.2, 0) is 13.5 Å². The predicted octanol–water partition coefficient (Wildman–Crippen LogP) is 3.15. The molecular formula is C13H16BrN3. The number of rotatable bonds is 4. The van der Waals surface area contributed by atoms with Crippen LogP contribution in [0.4, 0.5) is 5.69 Å². The van der Waals surface area contributed by atoms with Crippen molar-refractivity contribution in [2.75, 3.05) is 11.9 Å². The molecular weight excluding hydrogens is 278 g/mol. The molecule has 0 saturated carbocycles. The van der Waals surface area contributed by atoms with Crippen LogP contribution in [0.5, 0.6) is 0 Å². The van der Waals surface area contributed by atoms with E-state index in [1.165, 1.54) is 16.9 Å². The lowest BCUT2D eigenvalue weighted by molar-refractivity contribution is 0.711. The van der Waals surface area contributed by atoms with E-state index < -0.39 is 0 Å². The zero-order chi connectivity index (χ0) is 12.3. The molecule has 0 aliphatic carbocycles. The Balaban J connectivity index is 1.94. The Kier molecular flexibility index (Phi) is 3.84. The normalized spacial score (nSPS) is 10.5. The van der Waals surface area contributed by atoms with Crippen molar-refractivity contribution in [1.82, 2.24) is 9.78 Å². The van der Waals surface area contributed by atoms with E-state index in [-0.39, 0.29) is 0 Å². The molecule has 1 aromatic heterocycles. The highest BCUT2D eigenvalue weighted by Gasteiger charge is 2.01. The van der Waals surface area contributed by atoms with Gasteiger partial charge in [0.2, 0.25) is 0 Å². The molecule has 0 fully saturated rings. The molecule has 2 aromatic rings. The highest BCUT2D eigenvalue weighted by molar-refractivity contribution is 9.10. The molecule has 0 amide bonds. The van der Waals surface area contributed by atoms with Crippen molar-refractivity contribution in [2.45, 2.75) is 13.3 Å². The highest BCUT2D eigenvalue weighted by Crippen LogP contribution is 2.20. The minimum atomic E-state index is 0.914. The Labute approximate surface area is 110 Å². The van der Waals surface area contributed by atoms with E-state index in [1.807, 2.05) is 17.9 Å². The molecule has 4 heteroatoms. The standard InChI is InChI=1S/C13H16BrN3/c1-10-3-4-11(14)9-13(10)15-7-5-12-6-8-16-17(12)2/h3-4,6,8-9,15H,5,7H2,1-2H3. The van der Waals surface area contributed by atoms with Gasteiger partial charge in [-0.3, -0.25) is 4.68 Å². The van der Waals surface area contributed by atoms with Gasteiger partial charge in [0.1, 0.15) is 0 Å². The molecule has 1 N–H and O–H groups in total. The molecule has 90 valence electrons. The second kappa shape index (κ2) is 5.36. The molecule has 0 spiro atoms. The fourth-order valence-electron chi connectivity index (χ4n) is 1.76. The van der Waals surface area contributed by atoms with Crippen molar-refractivity contribution in [2.24, 2.45) is 7.05 Å². The highest BCUT2D eigenvalue weighted by atomic mass is 79.9. The summed E-state index contributed by atoms with van der Waals surface area (Å²) in [5.74, 6) is 0. The largest absolute Gasteiger partial charge is 0.384 e. The fourth-order valence-corrected chi connectivity index (χ4v) is 2.12. The van der Waals surface area contributed by atoms with Crippen molar-refractivity contribution in [3.05, 3.63) is 46.2 Å². The number of anilines is 1. The topological polar surface area (TPSA) is 29.9 Å². The number of hydrogen-bond acceptors (Lipinski definition) is 2. The quantitative estimate of drug-likeness (QED) is 0.939. The fraction of sp³-hybridized carbons (Fsp3) is 0.308. The lowest BCUT2D eigenvalue weighted by Crippen LogP contribution is -2.09. The Hall–Kier alpha value is -1.29. The smallest absolute Gasteiger partial charge is 0.0492 e. The van der Waals surface area contributed by atoms with E-state index in [2.05, 4.69) is 57.5 Å². The molecule has 0 atom stereocenters. The average Bonchev–Trinajstić information content (AvgIpc) is 2.70. The molecule has 1 heterocycles. The monoisotopic (exact) mass is 293 g/mol. The van der Waals surface area contributed by atoms with Gasteiger partial charge in [0.05, 0.1) is 0 Å². The van der Waals surface area contributed by atoms with Crippen LogP contribution >= 0.6 is 15.9 Å². The predicted molar refractivity (Wildman–Crippen MR) is 74.3 cm³/mol. The maximum Gasteiger partial charge on any atom is 0.0492 e. The molecule has 3 nitrogen and oxygen atoms in total. The second-order valence-corrected chi connectivity index (χ2v) is 5.00. The van der Waals surface area contributed by atoms with Crippen LogP contribution in [0.25, 0.3) is 0 Å². The van der Waals surface area contributed by atoms with Crippen LogP contribution in [0.3, 0.4) is 0 Å². The maximum atomic E-state index is 4.16. The van der Waals surface area contributed by atoms with E-state index >= 15 is 0 Å². The minimum absolute atomic E-state index is 0.914. The van der Waals surface area contributed by atoms with Crippen molar-refractivity contribution in [1.29, 1.82) is 0 Å². The molecule has 0 saturated heterocycles. The lowest BCUT2D eigenvalue weighted by atomic mass is 10.2. The van der Waals surface area contributed by atoms with Gasteiger partial charge < -0.3 is 5.32 Å². The third-order valence-electron chi connectivity index (χ3n) is 2.82. The Morgan fingerprint density at radius 2 is 2.18 bits per heavy atom. The van der Waals surface area contributed by atoms with Crippen LogP contribution < -0.4 is 5.32 Å². The molecule has 0 bridgehead atoms. The first-order valence-electron chi connectivity index (χ1n) is 5.64. The maximum absolute atomic E-state index is 4.16. The van der Waals surface area contributed by atoms with E-state index in [1.54, 1.807) is 0 Å². The van der Waals surface area contributed by atoms with Crippen LogP contribution in [0.1, 0.15) is 11.3 Å². The first kappa shape index (κ1) is 12.2. The van der Waals surface area contributed by atoms with Crippen LogP contribution in [-0.4, -0.2) is 16.3 Å². The Morgan fingerprint density at radius 1 is 1.35 bits per heavy atom. The number of aromatic nitrogens is 2. The number of halogens is 1. The van der Waals surface area contributed by atoms with Gasteiger partial charge in [-0.2, -0.15) is 5.10 Å². The van der Waals surface area contributed by atoms with Gasteiger partial charge >= 0.3 is 0 Å². The van der Waals surface area contributed by atoms with Gasteiger partial charge in [-0.25, -0.2) is 0 Å². The van der Waals surface area contributed by atoms with Crippen LogP contribution in [0, 0.1) is 6.92 Å². The third kappa shape index (κ3) is 3.09. The Morgan fingerprint density at radius 3 is 2.88 bits per heavy atom. The van der Waals surface area contributed by atoms with Crippen molar-refractivity contribution < 1.29 is 0 Å². The number of nitrogens with one attached hydrogen (secondary N) is 1. The minimum Gasteiger partial charge on any atom is -0.384 e. The van der Waals surface area contributed by atoms with Crippen LogP contribution in [0.15, 0.2) is 34.9 Å². The summed E-state index contributed by atoms with van der Waals surface area (Å²) in [4.78, 5) is 0. The van der Waals surface area contributed by atoms with Gasteiger partial charge in [-0.05, 0) is 30.7 Å². The first-order chi connectivity index (χ1) is 8.16. The van der Waals surface area contributed by atoms with E-state index in [0.717, 1.165) is 17.4 Å². The zero-order valence-corrected chi connectivity index (χ0v) is 11.7. The summed E-state index contributed by atoms with van der Waals surface area (Å²) in [6, 6.07) is 8.33. The van der Waals surface area contributed by atoms with Crippen molar-refractivity contribution in [3.63, 3.8) is 0 Å². The first-order valence-corrected chi connectivity index (χ1v) is 6.43. The summed E-state index contributed by atoms with van der Waals surface area (Å²) < 4.78 is 3.02. The lowest BCUT2D eigenvalue weighted by Gasteiger charge is -2.10. The second-order valence-electron chi connectivity index (χ2n) is 4.08. The summed E-state index contributed by atoms with van der Waals surface area (Å²) in [6.07, 6.45) is 2.81. The number of aryl methyl sites for hydroxylation is 2. The van der Waals surface area contributed by atoms with Gasteiger partial charge in [0.25, 0.3) is 0 Å². The Bertz CT molecular complexity index is 505. The van der Waals surface area contributed by atoms with Crippen molar-refractivity contribution >= 4 is 21.6 Å². The number of hydrogen-bond donors (Lipinski definition) is 1. The molecule has 1 aromatic carbocycles. The number of benzene rings is 1. The summed E-state index contributed by atoms with van der Waals surface area (Å²) >= 11 is 3.48.